The van der Waals surface area contributed by atoms with E-state index in [0.29, 0.717) is 43.0 Å². The number of hydrogen-bond donors (Lipinski definition) is 3. The first-order chi connectivity index (χ1) is 23.8. The zero-order valence-corrected chi connectivity index (χ0v) is 29.1. The molecule has 0 bridgehead atoms. The molecule has 6 rings (SSSR count). The van der Waals surface area contributed by atoms with Gasteiger partial charge in [0, 0.05) is 81.6 Å². The molecule has 2 aromatic carbocycles. The van der Waals surface area contributed by atoms with E-state index in [4.69, 9.17) is 16.0 Å². The van der Waals surface area contributed by atoms with E-state index in [-0.39, 0.29) is 17.7 Å². The predicted octanol–water partition coefficient (Wildman–Crippen LogP) is 5.05. The first-order valence-electron chi connectivity index (χ1n) is 17.9. The number of phenolic OH excluding ortho intramolecular Hbond substituents is 1. The molecule has 3 saturated heterocycles. The minimum Gasteiger partial charge on any atom is -0.507 e. The lowest BCUT2D eigenvalue weighted by Crippen LogP contribution is -2.55. The van der Waals surface area contributed by atoms with Gasteiger partial charge in [0.15, 0.2) is 5.76 Å². The van der Waals surface area contributed by atoms with Gasteiger partial charge in [-0.15, -0.1) is 0 Å². The van der Waals surface area contributed by atoms with Crippen LogP contribution < -0.4 is 16.4 Å². The van der Waals surface area contributed by atoms with Gasteiger partial charge in [0.25, 0.3) is 0 Å². The van der Waals surface area contributed by atoms with Gasteiger partial charge in [-0.05, 0) is 94.7 Å². The highest BCUT2D eigenvalue weighted by Crippen LogP contribution is 2.40. The SMILES string of the molecule is Cc1cc(C2(C(=O)N(C)C3CCN(CCC4CCN(c5ccccc5)CC4)CC3)CCN(C(/C=C(\N)c3ccccc3O)=C/N)CC2)on1. The summed E-state index contributed by atoms with van der Waals surface area (Å²) in [6.07, 6.45) is 10.2. The summed E-state index contributed by atoms with van der Waals surface area (Å²) < 4.78 is 5.84. The van der Waals surface area contributed by atoms with Gasteiger partial charge in [-0.2, -0.15) is 0 Å². The van der Waals surface area contributed by atoms with Crippen LogP contribution in [0.3, 0.4) is 0 Å². The number of hydrogen-bond acceptors (Lipinski definition) is 9. The lowest BCUT2D eigenvalue weighted by molar-refractivity contribution is -0.142. The highest BCUT2D eigenvalue weighted by atomic mass is 16.5. The van der Waals surface area contributed by atoms with Crippen molar-refractivity contribution in [1.82, 2.24) is 19.9 Å². The van der Waals surface area contributed by atoms with E-state index in [9.17, 15) is 9.90 Å². The number of nitrogens with two attached hydrogens (primary N) is 2. The van der Waals surface area contributed by atoms with Gasteiger partial charge >= 0.3 is 0 Å². The van der Waals surface area contributed by atoms with E-state index in [1.807, 2.05) is 31.0 Å². The Morgan fingerprint density at radius 1 is 1.00 bits per heavy atom. The highest BCUT2D eigenvalue weighted by molar-refractivity contribution is 5.88. The first kappa shape index (κ1) is 34.4. The minimum absolute atomic E-state index is 0.106. The van der Waals surface area contributed by atoms with Gasteiger partial charge in [0.05, 0.1) is 11.4 Å². The van der Waals surface area contributed by atoms with Crippen molar-refractivity contribution in [3.8, 4) is 5.75 Å². The van der Waals surface area contributed by atoms with Gasteiger partial charge in [0.1, 0.15) is 11.2 Å². The Labute approximate surface area is 291 Å². The Morgan fingerprint density at radius 2 is 1.67 bits per heavy atom. The molecule has 1 aromatic heterocycles. The third-order valence-electron chi connectivity index (χ3n) is 11.2. The highest BCUT2D eigenvalue weighted by Gasteiger charge is 2.49. The second-order valence-electron chi connectivity index (χ2n) is 14.2. The molecule has 3 fully saturated rings. The van der Waals surface area contributed by atoms with Crippen LogP contribution in [-0.4, -0.2) is 89.8 Å². The van der Waals surface area contributed by atoms with Crippen LogP contribution in [-0.2, 0) is 10.2 Å². The zero-order chi connectivity index (χ0) is 34.4. The van der Waals surface area contributed by atoms with Crippen LogP contribution in [0, 0.1) is 12.8 Å². The van der Waals surface area contributed by atoms with Crippen molar-refractivity contribution < 1.29 is 14.4 Å². The number of anilines is 1. The molecule has 5 N–H and O–H groups in total. The largest absolute Gasteiger partial charge is 0.507 e. The summed E-state index contributed by atoms with van der Waals surface area (Å²) >= 11 is 0. The molecule has 0 aliphatic carbocycles. The molecule has 4 heterocycles. The maximum Gasteiger partial charge on any atom is 0.236 e. The number of phenols is 1. The zero-order valence-electron chi connectivity index (χ0n) is 29.1. The normalized spacial score (nSPS) is 20.0. The molecule has 10 heteroatoms. The fourth-order valence-corrected chi connectivity index (χ4v) is 8.02. The number of aryl methyl sites for hydroxylation is 1. The molecule has 49 heavy (non-hydrogen) atoms. The third-order valence-corrected chi connectivity index (χ3v) is 11.2. The van der Waals surface area contributed by atoms with Crippen molar-refractivity contribution in [2.24, 2.45) is 17.4 Å². The van der Waals surface area contributed by atoms with Crippen LogP contribution in [0.25, 0.3) is 5.70 Å². The van der Waals surface area contributed by atoms with E-state index < -0.39 is 5.41 Å². The van der Waals surface area contributed by atoms with Crippen LogP contribution >= 0.6 is 0 Å². The number of aromatic hydroxyl groups is 1. The van der Waals surface area contributed by atoms with Crippen LogP contribution in [0.15, 0.2) is 83.2 Å². The maximum absolute atomic E-state index is 14.5. The molecule has 262 valence electrons. The van der Waals surface area contributed by atoms with Crippen molar-refractivity contribution in [1.29, 1.82) is 0 Å². The number of carbonyl (C=O) groups excluding carboxylic acids is 1. The fraction of sp³-hybridized carbons (Fsp3) is 0.487. The number of para-hydroxylation sites is 2. The number of piperidine rings is 3. The maximum atomic E-state index is 14.5. The fourth-order valence-electron chi connectivity index (χ4n) is 8.02. The number of amides is 1. The topological polar surface area (TPSA) is 128 Å². The smallest absolute Gasteiger partial charge is 0.236 e. The molecular weight excluding hydrogens is 614 g/mol. The predicted molar refractivity (Wildman–Crippen MR) is 194 cm³/mol. The van der Waals surface area contributed by atoms with Gasteiger partial charge < -0.3 is 40.7 Å². The second-order valence-corrected chi connectivity index (χ2v) is 14.2. The van der Waals surface area contributed by atoms with E-state index in [1.54, 1.807) is 24.3 Å². The summed E-state index contributed by atoms with van der Waals surface area (Å²) in [4.78, 5) is 23.8. The summed E-state index contributed by atoms with van der Waals surface area (Å²) in [5.74, 6) is 1.64. The number of benzene rings is 2. The number of likely N-dealkylation sites (N-methyl/N-ethyl adjacent to an activating group) is 1. The Hall–Kier alpha value is -4.44. The average Bonchev–Trinajstić information content (AvgIpc) is 3.60. The van der Waals surface area contributed by atoms with Crippen LogP contribution in [0.4, 0.5) is 5.69 Å². The lowest BCUT2D eigenvalue weighted by Gasteiger charge is -2.45. The standard InChI is InChI=1S/C39H53N7O3/c1-29-26-37(49-42-29)39(17-24-46(25-18-39)33(28-40)27-35(41)34-10-6-7-11-36(34)47)38(48)43(2)31-15-20-44(21-16-31)19-12-30-13-22-45(23-14-30)32-8-4-3-5-9-32/h3-11,26-28,30-31,47H,12-25,40-41H2,1-2H3/b33-28+,35-27-. The molecule has 3 aliphatic rings. The Bertz CT molecular complexity index is 1600. The van der Waals surface area contributed by atoms with E-state index in [0.717, 1.165) is 62.9 Å². The van der Waals surface area contributed by atoms with Crippen LogP contribution in [0.2, 0.25) is 0 Å². The molecule has 1 amide bonds. The summed E-state index contributed by atoms with van der Waals surface area (Å²) in [5.41, 5.74) is 15.5. The minimum atomic E-state index is -0.801. The van der Waals surface area contributed by atoms with E-state index in [1.165, 1.54) is 31.1 Å². The molecule has 0 radical (unpaired) electrons. The van der Waals surface area contributed by atoms with Crippen molar-refractivity contribution in [3.63, 3.8) is 0 Å². The second kappa shape index (κ2) is 15.4. The summed E-state index contributed by atoms with van der Waals surface area (Å²) in [5, 5.41) is 14.5. The number of likely N-dealkylation sites (tertiary alicyclic amines) is 2. The van der Waals surface area contributed by atoms with Crippen LogP contribution in [0.1, 0.15) is 62.0 Å². The molecule has 3 aliphatic heterocycles. The summed E-state index contributed by atoms with van der Waals surface area (Å²) in [7, 11) is 1.97. The van der Waals surface area contributed by atoms with Gasteiger partial charge in [-0.25, -0.2) is 0 Å². The monoisotopic (exact) mass is 667 g/mol. The van der Waals surface area contributed by atoms with E-state index in [2.05, 4.69) is 50.2 Å². The van der Waals surface area contributed by atoms with Gasteiger partial charge in [-0.1, -0.05) is 35.5 Å². The number of rotatable bonds is 10. The molecule has 0 spiro atoms. The summed E-state index contributed by atoms with van der Waals surface area (Å²) in [6, 6.07) is 19.9. The molecule has 10 nitrogen and oxygen atoms in total. The van der Waals surface area contributed by atoms with Gasteiger partial charge in [-0.3, -0.25) is 4.79 Å². The number of allylic oxidation sites excluding steroid dienone is 1. The number of aromatic nitrogens is 1. The molecule has 0 atom stereocenters. The van der Waals surface area contributed by atoms with Gasteiger partial charge in [0.2, 0.25) is 5.91 Å². The Morgan fingerprint density at radius 3 is 2.31 bits per heavy atom. The quantitative estimate of drug-likeness (QED) is 0.255. The van der Waals surface area contributed by atoms with Crippen molar-refractivity contribution >= 4 is 17.3 Å². The Kier molecular flexibility index (Phi) is 10.8. The van der Waals surface area contributed by atoms with Crippen molar-refractivity contribution in [2.75, 3.05) is 57.8 Å². The van der Waals surface area contributed by atoms with Crippen molar-refractivity contribution in [2.45, 2.75) is 63.3 Å². The van der Waals surface area contributed by atoms with E-state index >= 15 is 0 Å². The molecule has 0 unspecified atom stereocenters. The number of nitrogens with zero attached hydrogens (tertiary/aromatic N) is 5. The van der Waals surface area contributed by atoms with Crippen LogP contribution in [0.5, 0.6) is 5.75 Å². The number of carbonyl (C=O) groups is 1. The summed E-state index contributed by atoms with van der Waals surface area (Å²) in [6.45, 7) is 8.53. The lowest BCUT2D eigenvalue weighted by atomic mass is 9.74. The average molecular weight is 668 g/mol. The molecule has 3 aromatic rings. The van der Waals surface area contributed by atoms with Crippen molar-refractivity contribution in [3.05, 3.63) is 95.7 Å². The first-order valence-corrected chi connectivity index (χ1v) is 17.9. The molecular formula is C39H53N7O3. The molecule has 0 saturated carbocycles. The third kappa shape index (κ3) is 7.75. The Balaban J connectivity index is 1.04.